The summed E-state index contributed by atoms with van der Waals surface area (Å²) in [6, 6.07) is 24.6. The highest BCUT2D eigenvalue weighted by molar-refractivity contribution is 7.69. The van der Waals surface area contributed by atoms with Crippen molar-refractivity contribution in [1.82, 2.24) is 0 Å². The van der Waals surface area contributed by atoms with E-state index in [1.54, 1.807) is 12.1 Å². The molecule has 0 fully saturated rings. The fourth-order valence-corrected chi connectivity index (χ4v) is 5.32. The predicted octanol–water partition coefficient (Wildman–Crippen LogP) is 6.49. The molecular formula is C27H27F3NO5P3. The van der Waals surface area contributed by atoms with Gasteiger partial charge in [0.15, 0.2) is 7.34 Å². The lowest BCUT2D eigenvalue weighted by molar-refractivity contribution is 0.0564. The summed E-state index contributed by atoms with van der Waals surface area (Å²) in [5.41, 5.74) is -2.83. The minimum atomic E-state index is -5.68. The summed E-state index contributed by atoms with van der Waals surface area (Å²) in [4.78, 5) is 39.6. The second-order valence-electron chi connectivity index (χ2n) is 9.27. The first-order chi connectivity index (χ1) is 18.1. The molecule has 0 bridgehead atoms. The molecule has 0 aliphatic carbocycles. The molecule has 0 radical (unpaired) electrons. The van der Waals surface area contributed by atoms with Crippen LogP contribution in [0.1, 0.15) is 22.3 Å². The third kappa shape index (κ3) is 6.32. The zero-order valence-corrected chi connectivity index (χ0v) is 23.5. The van der Waals surface area contributed by atoms with Gasteiger partial charge in [-0.2, -0.15) is 8.78 Å². The highest BCUT2D eigenvalue weighted by atomic mass is 31.2. The lowest BCUT2D eigenvalue weighted by Crippen LogP contribution is -2.22. The van der Waals surface area contributed by atoms with Gasteiger partial charge in [0.25, 0.3) is 0 Å². The molecule has 4 N–H and O–H groups in total. The Balaban J connectivity index is 1.66. The average molecular weight is 595 g/mol. The van der Waals surface area contributed by atoms with Crippen molar-refractivity contribution in [1.29, 1.82) is 0 Å². The third-order valence-electron chi connectivity index (χ3n) is 6.39. The van der Waals surface area contributed by atoms with Crippen molar-refractivity contribution in [3.63, 3.8) is 0 Å². The topological polar surface area (TPSA) is 101 Å². The lowest BCUT2D eigenvalue weighted by Gasteiger charge is -2.28. The second kappa shape index (κ2) is 10.8. The van der Waals surface area contributed by atoms with Gasteiger partial charge >= 0.3 is 13.3 Å². The van der Waals surface area contributed by atoms with Crippen molar-refractivity contribution in [3.8, 4) is 0 Å². The monoisotopic (exact) mass is 595 g/mol. The molecule has 206 valence electrons. The SMILES string of the molecule is C=P(O)(O)C(F)(P)c1ccc(CN(Cc2ccc(C(F)(F)P(=O)(O)O)cc2)c2ccc3ccccc3c2)cc1. The van der Waals surface area contributed by atoms with Gasteiger partial charge in [0, 0.05) is 29.9 Å². The Bertz CT molecular complexity index is 1490. The van der Waals surface area contributed by atoms with E-state index >= 15 is 0 Å². The fraction of sp³-hybridized carbons (Fsp3) is 0.148. The molecule has 0 saturated carbocycles. The number of nitrogens with zero attached hydrogens (tertiary/aromatic N) is 1. The maximum Gasteiger partial charge on any atom is 0.399 e. The van der Waals surface area contributed by atoms with Crippen LogP contribution in [0.4, 0.5) is 18.9 Å². The van der Waals surface area contributed by atoms with E-state index in [-0.39, 0.29) is 12.1 Å². The molecule has 6 nitrogen and oxygen atoms in total. The number of anilines is 1. The Hall–Kier alpha value is -2.47. The molecule has 39 heavy (non-hydrogen) atoms. The zero-order valence-electron chi connectivity index (χ0n) is 20.5. The molecule has 0 aliphatic heterocycles. The van der Waals surface area contributed by atoms with Crippen LogP contribution in [-0.4, -0.2) is 25.9 Å². The average Bonchev–Trinajstić information content (AvgIpc) is 2.87. The van der Waals surface area contributed by atoms with Gasteiger partial charge in [0.2, 0.25) is 5.15 Å². The molecule has 12 heteroatoms. The van der Waals surface area contributed by atoms with Crippen molar-refractivity contribution in [2.24, 2.45) is 0 Å². The highest BCUT2D eigenvalue weighted by Gasteiger charge is 2.50. The third-order valence-corrected chi connectivity index (χ3v) is 10.3. The molecule has 0 amide bonds. The molecular weight excluding hydrogens is 568 g/mol. The van der Waals surface area contributed by atoms with Crippen LogP contribution in [0.2, 0.25) is 0 Å². The zero-order chi connectivity index (χ0) is 28.6. The molecule has 0 heterocycles. The van der Waals surface area contributed by atoms with Crippen LogP contribution in [0.3, 0.4) is 0 Å². The van der Waals surface area contributed by atoms with E-state index in [2.05, 4.69) is 6.30 Å². The number of fused-ring (bicyclic) bond motifs is 1. The van der Waals surface area contributed by atoms with Gasteiger partial charge < -0.3 is 24.5 Å². The maximum absolute atomic E-state index is 15.0. The first kappa shape index (κ1) is 29.5. The Labute approximate surface area is 226 Å². The molecule has 0 aromatic heterocycles. The van der Waals surface area contributed by atoms with E-state index in [9.17, 15) is 27.5 Å². The normalized spacial score (nSPS) is 14.3. The van der Waals surface area contributed by atoms with Crippen molar-refractivity contribution in [2.45, 2.75) is 23.9 Å². The summed E-state index contributed by atoms with van der Waals surface area (Å²) < 4.78 is 54.4. The van der Waals surface area contributed by atoms with E-state index in [1.807, 2.05) is 56.6 Å². The van der Waals surface area contributed by atoms with Crippen molar-refractivity contribution >= 4 is 46.9 Å². The number of hydrogen-bond donors (Lipinski definition) is 4. The van der Waals surface area contributed by atoms with Gasteiger partial charge in [-0.3, -0.25) is 4.57 Å². The van der Waals surface area contributed by atoms with E-state index < -0.39 is 31.3 Å². The summed E-state index contributed by atoms with van der Waals surface area (Å²) in [6.07, 6.45) is 3.16. The molecule has 4 rings (SSSR count). The van der Waals surface area contributed by atoms with E-state index in [0.717, 1.165) is 34.2 Å². The number of rotatable bonds is 9. The Kier molecular flexibility index (Phi) is 8.20. The van der Waals surface area contributed by atoms with E-state index in [1.165, 1.54) is 24.3 Å². The van der Waals surface area contributed by atoms with Crippen LogP contribution in [0.5, 0.6) is 0 Å². The number of hydrogen-bond acceptors (Lipinski definition) is 4. The van der Waals surface area contributed by atoms with Crippen LogP contribution in [-0.2, 0) is 28.5 Å². The van der Waals surface area contributed by atoms with Crippen LogP contribution >= 0.6 is 24.2 Å². The molecule has 2 atom stereocenters. The van der Waals surface area contributed by atoms with Crippen LogP contribution < -0.4 is 4.90 Å². The summed E-state index contributed by atoms with van der Waals surface area (Å²) >= 11 is 0. The summed E-state index contributed by atoms with van der Waals surface area (Å²) in [5.74, 6) is 0. The lowest BCUT2D eigenvalue weighted by atomic mass is 10.1. The molecule has 4 aromatic rings. The first-order valence-corrected chi connectivity index (χ1v) is 15.7. The van der Waals surface area contributed by atoms with E-state index in [4.69, 9.17) is 9.79 Å². The first-order valence-electron chi connectivity index (χ1n) is 11.6. The summed E-state index contributed by atoms with van der Waals surface area (Å²) in [6.45, 7) is 0.595. The number of alkyl halides is 3. The molecule has 2 unspecified atom stereocenters. The highest BCUT2D eigenvalue weighted by Crippen LogP contribution is 2.62. The minimum absolute atomic E-state index is 0.0448. The Morgan fingerprint density at radius 3 is 1.72 bits per heavy atom. The quantitative estimate of drug-likeness (QED) is 0.165. The van der Waals surface area contributed by atoms with E-state index in [0.29, 0.717) is 12.1 Å². The minimum Gasteiger partial charge on any atom is -0.363 e. The molecule has 0 spiro atoms. The second-order valence-corrected chi connectivity index (χ2v) is 14.3. The Morgan fingerprint density at radius 2 is 1.23 bits per heavy atom. The molecule has 4 aromatic carbocycles. The maximum atomic E-state index is 15.0. The van der Waals surface area contributed by atoms with Crippen LogP contribution in [0.15, 0.2) is 91.0 Å². The largest absolute Gasteiger partial charge is 0.399 e. The van der Waals surface area contributed by atoms with Crippen LogP contribution in [0.25, 0.3) is 10.8 Å². The summed E-state index contributed by atoms with van der Waals surface area (Å²) in [7, 11) is -7.97. The molecule has 0 aliphatic rings. The fourth-order valence-electron chi connectivity index (χ4n) is 4.08. The van der Waals surface area contributed by atoms with Gasteiger partial charge in [0.05, 0.1) is 0 Å². The predicted molar refractivity (Wildman–Crippen MR) is 154 cm³/mol. The number of benzene rings is 4. The summed E-state index contributed by atoms with van der Waals surface area (Å²) in [5, 5.41) is -0.471. The molecule has 0 saturated heterocycles. The van der Waals surface area contributed by atoms with Gasteiger partial charge in [-0.05, 0) is 40.3 Å². The van der Waals surface area contributed by atoms with Gasteiger partial charge in [-0.25, -0.2) is 4.39 Å². The van der Waals surface area contributed by atoms with Gasteiger partial charge in [-0.15, -0.1) is 0 Å². The van der Waals surface area contributed by atoms with Crippen molar-refractivity contribution in [2.75, 3.05) is 4.90 Å². The van der Waals surface area contributed by atoms with Gasteiger partial charge in [-0.1, -0.05) is 88.1 Å². The smallest absolute Gasteiger partial charge is 0.363 e. The van der Waals surface area contributed by atoms with Crippen molar-refractivity contribution < 1.29 is 37.3 Å². The number of halogens is 3. The van der Waals surface area contributed by atoms with Crippen molar-refractivity contribution in [3.05, 3.63) is 113 Å². The standard InChI is InChI=1S/C27H27F3NO5P3/c1-38(32,33)27(30,37)24-13-8-20(9-14-24)18-31(25-15-10-21-4-2-3-5-22(21)16-25)17-19-6-11-23(12-7-19)26(28,29)39(34,35)36/h2-16,32-33H,1,17-18,37H2,(H2,34,35,36). The Morgan fingerprint density at radius 1 is 0.744 bits per heavy atom. The van der Waals surface area contributed by atoms with Gasteiger partial charge in [0.1, 0.15) is 0 Å². The van der Waals surface area contributed by atoms with Crippen LogP contribution in [0, 0.1) is 0 Å².